The number of esters is 1. The first-order chi connectivity index (χ1) is 7.88. The van der Waals surface area contributed by atoms with Gasteiger partial charge in [0.1, 0.15) is 11.6 Å². The molecule has 3 heteroatoms. The number of hydrogen-bond acceptors (Lipinski definition) is 3. The second-order valence-electron chi connectivity index (χ2n) is 6.17. The van der Waals surface area contributed by atoms with Gasteiger partial charge in [-0.1, -0.05) is 19.3 Å². The van der Waals surface area contributed by atoms with Crippen molar-refractivity contribution in [2.24, 2.45) is 5.92 Å². The van der Waals surface area contributed by atoms with Crippen LogP contribution in [0.2, 0.25) is 0 Å². The van der Waals surface area contributed by atoms with E-state index in [2.05, 4.69) is 5.32 Å². The zero-order chi connectivity index (χ0) is 12.9. The third-order valence-corrected chi connectivity index (χ3v) is 3.20. The normalized spacial score (nSPS) is 20.0. The van der Waals surface area contributed by atoms with Crippen molar-refractivity contribution in [3.63, 3.8) is 0 Å². The Morgan fingerprint density at radius 3 is 2.41 bits per heavy atom. The molecule has 0 aliphatic heterocycles. The highest BCUT2D eigenvalue weighted by atomic mass is 16.6. The van der Waals surface area contributed by atoms with Crippen molar-refractivity contribution in [2.75, 3.05) is 6.54 Å². The minimum absolute atomic E-state index is 0.145. The third kappa shape index (κ3) is 6.06. The summed E-state index contributed by atoms with van der Waals surface area (Å²) in [5.41, 5.74) is -0.391. The summed E-state index contributed by atoms with van der Waals surface area (Å²) in [6, 6.07) is -0.198. The molecule has 0 bridgehead atoms. The van der Waals surface area contributed by atoms with Crippen LogP contribution in [0.1, 0.15) is 59.8 Å². The molecule has 1 N–H and O–H groups in total. The standard InChI is InChI=1S/C14H27NO2/c1-11(13(16)17-14(2,3)4)15-10-12-8-6-5-7-9-12/h11-12,15H,5-10H2,1-4H3. The zero-order valence-corrected chi connectivity index (χ0v) is 11.7. The van der Waals surface area contributed by atoms with E-state index >= 15 is 0 Å². The van der Waals surface area contributed by atoms with E-state index in [9.17, 15) is 4.79 Å². The number of ether oxygens (including phenoxy) is 1. The van der Waals surface area contributed by atoms with Gasteiger partial charge >= 0.3 is 5.97 Å². The second kappa shape index (κ2) is 6.39. The van der Waals surface area contributed by atoms with Crippen molar-refractivity contribution in [1.82, 2.24) is 5.32 Å². The Morgan fingerprint density at radius 2 is 1.88 bits per heavy atom. The molecule has 0 aromatic rings. The summed E-state index contributed by atoms with van der Waals surface area (Å²) in [7, 11) is 0. The molecule has 0 saturated heterocycles. The molecule has 1 unspecified atom stereocenters. The van der Waals surface area contributed by atoms with Gasteiger partial charge in [-0.05, 0) is 53.0 Å². The minimum atomic E-state index is -0.391. The topological polar surface area (TPSA) is 38.3 Å². The van der Waals surface area contributed by atoms with E-state index in [-0.39, 0.29) is 12.0 Å². The first-order valence-corrected chi connectivity index (χ1v) is 6.85. The van der Waals surface area contributed by atoms with E-state index in [1.165, 1.54) is 32.1 Å². The van der Waals surface area contributed by atoms with E-state index in [1.54, 1.807) is 0 Å². The van der Waals surface area contributed by atoms with Gasteiger partial charge in [0.15, 0.2) is 0 Å². The SMILES string of the molecule is CC(NCC1CCCCC1)C(=O)OC(C)(C)C. The van der Waals surface area contributed by atoms with Crippen molar-refractivity contribution in [3.8, 4) is 0 Å². The van der Waals surface area contributed by atoms with Gasteiger partial charge in [-0.3, -0.25) is 4.79 Å². The van der Waals surface area contributed by atoms with Crippen molar-refractivity contribution in [3.05, 3.63) is 0 Å². The van der Waals surface area contributed by atoms with Gasteiger partial charge in [0.2, 0.25) is 0 Å². The number of nitrogens with one attached hydrogen (secondary N) is 1. The predicted molar refractivity (Wildman–Crippen MR) is 69.9 cm³/mol. The Kier molecular flexibility index (Phi) is 5.44. The maximum atomic E-state index is 11.7. The fourth-order valence-electron chi connectivity index (χ4n) is 2.21. The number of rotatable bonds is 4. The Morgan fingerprint density at radius 1 is 1.29 bits per heavy atom. The highest BCUT2D eigenvalue weighted by Gasteiger charge is 2.22. The summed E-state index contributed by atoms with van der Waals surface area (Å²) in [5, 5.41) is 3.30. The van der Waals surface area contributed by atoms with Crippen LogP contribution in [0.3, 0.4) is 0 Å². The third-order valence-electron chi connectivity index (χ3n) is 3.20. The molecular formula is C14H27NO2. The largest absolute Gasteiger partial charge is 0.459 e. The average Bonchev–Trinajstić information content (AvgIpc) is 2.25. The lowest BCUT2D eigenvalue weighted by molar-refractivity contribution is -0.157. The first-order valence-electron chi connectivity index (χ1n) is 6.85. The molecule has 0 aromatic heterocycles. The summed E-state index contributed by atoms with van der Waals surface area (Å²) < 4.78 is 5.34. The summed E-state index contributed by atoms with van der Waals surface area (Å²) >= 11 is 0. The van der Waals surface area contributed by atoms with Gasteiger partial charge in [-0.2, -0.15) is 0 Å². The summed E-state index contributed by atoms with van der Waals surface area (Å²) in [6.07, 6.45) is 6.65. The zero-order valence-electron chi connectivity index (χ0n) is 11.7. The molecule has 1 atom stereocenters. The molecule has 0 amide bonds. The highest BCUT2D eigenvalue weighted by molar-refractivity contribution is 5.75. The molecule has 0 heterocycles. The summed E-state index contributed by atoms with van der Waals surface area (Å²) in [6.45, 7) is 8.54. The van der Waals surface area contributed by atoms with Gasteiger partial charge < -0.3 is 10.1 Å². The lowest BCUT2D eigenvalue weighted by atomic mass is 9.89. The van der Waals surface area contributed by atoms with Crippen molar-refractivity contribution in [2.45, 2.75) is 71.4 Å². The van der Waals surface area contributed by atoms with Crippen LogP contribution in [0.15, 0.2) is 0 Å². The van der Waals surface area contributed by atoms with Gasteiger partial charge in [0.25, 0.3) is 0 Å². The van der Waals surface area contributed by atoms with E-state index in [0.717, 1.165) is 12.5 Å². The molecule has 0 radical (unpaired) electrons. The van der Waals surface area contributed by atoms with Crippen molar-refractivity contribution < 1.29 is 9.53 Å². The smallest absolute Gasteiger partial charge is 0.323 e. The molecule has 1 aliphatic rings. The molecule has 0 spiro atoms. The van der Waals surface area contributed by atoms with Crippen molar-refractivity contribution >= 4 is 5.97 Å². The molecule has 1 fully saturated rings. The van der Waals surface area contributed by atoms with E-state index in [4.69, 9.17) is 4.74 Å². The Hall–Kier alpha value is -0.570. The summed E-state index contributed by atoms with van der Waals surface area (Å²) in [4.78, 5) is 11.7. The molecule has 100 valence electrons. The predicted octanol–water partition coefficient (Wildman–Crippen LogP) is 2.89. The van der Waals surface area contributed by atoms with Gasteiger partial charge in [-0.15, -0.1) is 0 Å². The van der Waals surface area contributed by atoms with Crippen molar-refractivity contribution in [1.29, 1.82) is 0 Å². The van der Waals surface area contributed by atoms with Crippen LogP contribution in [0.25, 0.3) is 0 Å². The van der Waals surface area contributed by atoms with Gasteiger partial charge in [0.05, 0.1) is 0 Å². The summed E-state index contributed by atoms with van der Waals surface area (Å²) in [5.74, 6) is 0.599. The van der Waals surface area contributed by atoms with Gasteiger partial charge in [0, 0.05) is 0 Å². The molecule has 1 aliphatic carbocycles. The molecule has 3 nitrogen and oxygen atoms in total. The lowest BCUT2D eigenvalue weighted by Gasteiger charge is -2.25. The molecule has 1 saturated carbocycles. The minimum Gasteiger partial charge on any atom is -0.459 e. The quantitative estimate of drug-likeness (QED) is 0.769. The van der Waals surface area contributed by atoms with Crippen LogP contribution in [0.5, 0.6) is 0 Å². The van der Waals surface area contributed by atoms with Crippen LogP contribution in [0, 0.1) is 5.92 Å². The van der Waals surface area contributed by atoms with Crippen LogP contribution in [-0.4, -0.2) is 24.2 Å². The molecular weight excluding hydrogens is 214 g/mol. The fraction of sp³-hybridized carbons (Fsp3) is 0.929. The Balaban J connectivity index is 2.23. The van der Waals surface area contributed by atoms with E-state index in [0.29, 0.717) is 0 Å². The lowest BCUT2D eigenvalue weighted by Crippen LogP contribution is -2.41. The highest BCUT2D eigenvalue weighted by Crippen LogP contribution is 2.22. The van der Waals surface area contributed by atoms with E-state index in [1.807, 2.05) is 27.7 Å². The monoisotopic (exact) mass is 241 g/mol. The fourth-order valence-corrected chi connectivity index (χ4v) is 2.21. The maximum absolute atomic E-state index is 11.7. The van der Waals surface area contributed by atoms with Crippen LogP contribution in [-0.2, 0) is 9.53 Å². The molecule has 0 aromatic carbocycles. The first kappa shape index (κ1) is 14.5. The second-order valence-corrected chi connectivity index (χ2v) is 6.17. The number of carbonyl (C=O) groups is 1. The number of carbonyl (C=O) groups excluding carboxylic acids is 1. The van der Waals surface area contributed by atoms with Gasteiger partial charge in [-0.25, -0.2) is 0 Å². The Labute approximate surface area is 105 Å². The van der Waals surface area contributed by atoms with E-state index < -0.39 is 5.60 Å². The molecule has 1 rings (SSSR count). The maximum Gasteiger partial charge on any atom is 0.323 e. The Bertz CT molecular complexity index is 239. The molecule has 17 heavy (non-hydrogen) atoms. The number of hydrogen-bond donors (Lipinski definition) is 1. The average molecular weight is 241 g/mol. The van der Waals surface area contributed by atoms with Crippen LogP contribution >= 0.6 is 0 Å². The van der Waals surface area contributed by atoms with Crippen LogP contribution < -0.4 is 5.32 Å². The van der Waals surface area contributed by atoms with Crippen LogP contribution in [0.4, 0.5) is 0 Å².